The first-order valence-corrected chi connectivity index (χ1v) is 9.13. The molecule has 6 heteroatoms. The molecule has 1 fully saturated rings. The molecule has 1 amide bonds. The van der Waals surface area contributed by atoms with E-state index in [9.17, 15) is 4.79 Å². The molecular weight excluding hydrogens is 330 g/mol. The topological polar surface area (TPSA) is 45.2 Å². The summed E-state index contributed by atoms with van der Waals surface area (Å²) in [6.07, 6.45) is 4.46. The van der Waals surface area contributed by atoms with Gasteiger partial charge in [0, 0.05) is 23.5 Å². The van der Waals surface area contributed by atoms with Gasteiger partial charge >= 0.3 is 0 Å². The fourth-order valence-electron chi connectivity index (χ4n) is 2.82. The molecular formula is C17H20ClN3OS. The predicted molar refractivity (Wildman–Crippen MR) is 95.1 cm³/mol. The normalized spacial score (nSPS) is 16.4. The fourth-order valence-corrected chi connectivity index (χ4v) is 3.63. The van der Waals surface area contributed by atoms with Gasteiger partial charge in [0.05, 0.1) is 5.02 Å². The predicted octanol–water partition coefficient (Wildman–Crippen LogP) is 3.69. The van der Waals surface area contributed by atoms with Gasteiger partial charge in [-0.3, -0.25) is 4.79 Å². The lowest BCUT2D eigenvalue weighted by atomic mass is 9.96. The number of carbonyl (C=O) groups is 1. The van der Waals surface area contributed by atoms with E-state index in [4.69, 9.17) is 11.6 Å². The van der Waals surface area contributed by atoms with Gasteiger partial charge in [-0.05, 0) is 55.9 Å². The Hall–Kier alpha value is -1.43. The van der Waals surface area contributed by atoms with Crippen LogP contribution in [0.15, 0.2) is 35.8 Å². The van der Waals surface area contributed by atoms with Gasteiger partial charge in [-0.1, -0.05) is 17.7 Å². The van der Waals surface area contributed by atoms with Crippen LogP contribution in [0.25, 0.3) is 0 Å². The molecule has 1 N–H and O–H groups in total. The van der Waals surface area contributed by atoms with E-state index < -0.39 is 0 Å². The van der Waals surface area contributed by atoms with Gasteiger partial charge in [-0.25, -0.2) is 4.98 Å². The van der Waals surface area contributed by atoms with Crippen LogP contribution < -0.4 is 5.32 Å². The summed E-state index contributed by atoms with van der Waals surface area (Å²) in [5.74, 6) is 0.711. The molecule has 0 radical (unpaired) electrons. The zero-order chi connectivity index (χ0) is 16.1. The number of pyridine rings is 1. The van der Waals surface area contributed by atoms with Crippen molar-refractivity contribution in [2.75, 3.05) is 25.0 Å². The zero-order valence-corrected chi connectivity index (χ0v) is 14.4. The summed E-state index contributed by atoms with van der Waals surface area (Å²) in [6, 6.07) is 7.75. The molecule has 0 spiro atoms. The van der Waals surface area contributed by atoms with E-state index in [1.807, 2.05) is 11.3 Å². The molecule has 1 aliphatic rings. The summed E-state index contributed by atoms with van der Waals surface area (Å²) in [5.41, 5.74) is 0. The van der Waals surface area contributed by atoms with Crippen molar-refractivity contribution in [1.82, 2.24) is 9.88 Å². The molecule has 0 bridgehead atoms. The molecule has 3 heterocycles. The third kappa shape index (κ3) is 4.77. The van der Waals surface area contributed by atoms with Gasteiger partial charge in [0.25, 0.3) is 0 Å². The van der Waals surface area contributed by atoms with E-state index in [-0.39, 0.29) is 11.8 Å². The monoisotopic (exact) mass is 349 g/mol. The van der Waals surface area contributed by atoms with E-state index in [1.165, 1.54) is 4.88 Å². The minimum atomic E-state index is 0.0673. The molecule has 122 valence electrons. The van der Waals surface area contributed by atoms with Crippen LogP contribution in [0.3, 0.4) is 0 Å². The highest BCUT2D eigenvalue weighted by Gasteiger charge is 2.25. The van der Waals surface area contributed by atoms with Crippen molar-refractivity contribution in [3.63, 3.8) is 0 Å². The van der Waals surface area contributed by atoms with Crippen molar-refractivity contribution in [3.05, 3.63) is 45.7 Å². The number of halogens is 1. The number of hydrogen-bond acceptors (Lipinski definition) is 4. The molecule has 0 saturated carbocycles. The highest BCUT2D eigenvalue weighted by molar-refractivity contribution is 7.09. The molecule has 2 aromatic heterocycles. The molecule has 0 aliphatic carbocycles. The Morgan fingerprint density at radius 3 is 2.83 bits per heavy atom. The van der Waals surface area contributed by atoms with Gasteiger partial charge < -0.3 is 10.2 Å². The second-order valence-corrected chi connectivity index (χ2v) is 7.26. The summed E-state index contributed by atoms with van der Waals surface area (Å²) in [6.45, 7) is 3.04. The van der Waals surface area contributed by atoms with Gasteiger partial charge in [-0.2, -0.15) is 0 Å². The lowest BCUT2D eigenvalue weighted by Crippen LogP contribution is -2.39. The Kier molecular flexibility index (Phi) is 5.65. The first-order valence-electron chi connectivity index (χ1n) is 7.88. The number of nitrogens with one attached hydrogen (secondary N) is 1. The number of amides is 1. The Balaban J connectivity index is 1.42. The number of piperidine rings is 1. The summed E-state index contributed by atoms with van der Waals surface area (Å²) >= 11 is 7.61. The Bertz CT molecular complexity index is 622. The number of thiophene rings is 1. The third-order valence-corrected chi connectivity index (χ3v) is 5.35. The molecule has 1 aliphatic heterocycles. The van der Waals surface area contributed by atoms with Gasteiger partial charge in [0.15, 0.2) is 0 Å². The third-order valence-electron chi connectivity index (χ3n) is 4.19. The summed E-state index contributed by atoms with van der Waals surface area (Å²) in [7, 11) is 0. The van der Waals surface area contributed by atoms with Gasteiger partial charge in [0.2, 0.25) is 5.91 Å². The zero-order valence-electron chi connectivity index (χ0n) is 12.9. The van der Waals surface area contributed by atoms with Crippen LogP contribution in [0.4, 0.5) is 5.82 Å². The average Bonchev–Trinajstić information content (AvgIpc) is 3.09. The lowest BCUT2D eigenvalue weighted by molar-refractivity contribution is -0.121. The highest BCUT2D eigenvalue weighted by atomic mass is 35.5. The van der Waals surface area contributed by atoms with Crippen molar-refractivity contribution in [3.8, 4) is 0 Å². The lowest BCUT2D eigenvalue weighted by Gasteiger charge is -2.31. The van der Waals surface area contributed by atoms with E-state index in [1.54, 1.807) is 18.3 Å². The number of aromatic nitrogens is 1. The standard InChI is InChI=1S/C17H20ClN3OS/c18-14-3-4-16(19-12-14)20-17(22)13-5-8-21(9-6-13)10-7-15-2-1-11-23-15/h1-4,11-13H,5-10H2,(H,19,20,22). The maximum absolute atomic E-state index is 12.3. The van der Waals surface area contributed by atoms with E-state index in [2.05, 4.69) is 32.7 Å². The van der Waals surface area contributed by atoms with E-state index in [0.29, 0.717) is 10.8 Å². The van der Waals surface area contributed by atoms with Crippen molar-refractivity contribution >= 4 is 34.7 Å². The van der Waals surface area contributed by atoms with Crippen molar-refractivity contribution < 1.29 is 4.79 Å². The van der Waals surface area contributed by atoms with Crippen molar-refractivity contribution in [1.29, 1.82) is 0 Å². The molecule has 23 heavy (non-hydrogen) atoms. The van der Waals surface area contributed by atoms with Crippen LogP contribution in [0, 0.1) is 5.92 Å². The Labute approximate surface area is 145 Å². The van der Waals surface area contributed by atoms with Crippen LogP contribution in [0.2, 0.25) is 5.02 Å². The fraction of sp³-hybridized carbons (Fsp3) is 0.412. The molecule has 2 aromatic rings. The van der Waals surface area contributed by atoms with E-state index >= 15 is 0 Å². The molecule has 0 unspecified atom stereocenters. The van der Waals surface area contributed by atoms with Crippen molar-refractivity contribution in [2.24, 2.45) is 5.92 Å². The maximum Gasteiger partial charge on any atom is 0.228 e. The highest BCUT2D eigenvalue weighted by Crippen LogP contribution is 2.20. The van der Waals surface area contributed by atoms with Crippen LogP contribution in [0.1, 0.15) is 17.7 Å². The van der Waals surface area contributed by atoms with Crippen LogP contribution in [-0.4, -0.2) is 35.4 Å². The molecule has 0 aromatic carbocycles. The second-order valence-electron chi connectivity index (χ2n) is 5.80. The summed E-state index contributed by atoms with van der Waals surface area (Å²) in [4.78, 5) is 20.3. The van der Waals surface area contributed by atoms with Crippen molar-refractivity contribution in [2.45, 2.75) is 19.3 Å². The number of anilines is 1. The molecule has 3 rings (SSSR count). The molecule has 4 nitrogen and oxygen atoms in total. The minimum Gasteiger partial charge on any atom is -0.310 e. The number of hydrogen-bond donors (Lipinski definition) is 1. The quantitative estimate of drug-likeness (QED) is 0.895. The van der Waals surface area contributed by atoms with Crippen LogP contribution in [-0.2, 0) is 11.2 Å². The summed E-state index contributed by atoms with van der Waals surface area (Å²) in [5, 5.41) is 5.58. The number of carbonyl (C=O) groups excluding carboxylic acids is 1. The Morgan fingerprint density at radius 2 is 2.17 bits per heavy atom. The largest absolute Gasteiger partial charge is 0.310 e. The first-order chi connectivity index (χ1) is 11.2. The van der Waals surface area contributed by atoms with Crippen LogP contribution >= 0.6 is 22.9 Å². The molecule has 1 saturated heterocycles. The maximum atomic E-state index is 12.3. The van der Waals surface area contributed by atoms with Gasteiger partial charge in [-0.15, -0.1) is 11.3 Å². The number of rotatable bonds is 5. The summed E-state index contributed by atoms with van der Waals surface area (Å²) < 4.78 is 0. The first kappa shape index (κ1) is 16.4. The molecule has 0 atom stereocenters. The second kappa shape index (κ2) is 7.90. The minimum absolute atomic E-state index is 0.0673. The SMILES string of the molecule is O=C(Nc1ccc(Cl)cn1)C1CCN(CCc2cccs2)CC1. The smallest absolute Gasteiger partial charge is 0.228 e. The van der Waals surface area contributed by atoms with Gasteiger partial charge in [0.1, 0.15) is 5.82 Å². The number of nitrogens with zero attached hydrogens (tertiary/aromatic N) is 2. The number of likely N-dealkylation sites (tertiary alicyclic amines) is 1. The average molecular weight is 350 g/mol. The van der Waals surface area contributed by atoms with Crippen LogP contribution in [0.5, 0.6) is 0 Å². The Morgan fingerprint density at radius 1 is 1.35 bits per heavy atom. The van der Waals surface area contributed by atoms with E-state index in [0.717, 1.165) is 38.9 Å².